The van der Waals surface area contributed by atoms with E-state index in [4.69, 9.17) is 4.74 Å². The fraction of sp³-hybridized carbons (Fsp3) is 0.733. The second-order valence-electron chi connectivity index (χ2n) is 4.96. The van der Waals surface area contributed by atoms with Gasteiger partial charge in [0.05, 0.1) is 6.61 Å². The number of guanidine groups is 1. The maximum Gasteiger partial charge on any atom is 0.409 e. The lowest BCUT2D eigenvalue weighted by molar-refractivity contribution is 0.0963. The summed E-state index contributed by atoms with van der Waals surface area (Å²) in [7, 11) is 1.78. The van der Waals surface area contributed by atoms with E-state index in [0.29, 0.717) is 12.6 Å². The topological polar surface area (TPSA) is 66.0 Å². The Morgan fingerprint density at radius 2 is 2.09 bits per heavy atom. The molecule has 0 aromatic rings. The molecule has 1 aliphatic heterocycles. The van der Waals surface area contributed by atoms with Gasteiger partial charge in [0.25, 0.3) is 0 Å². The lowest BCUT2D eigenvalue weighted by atomic mass is 10.1. The van der Waals surface area contributed by atoms with Gasteiger partial charge in [-0.3, -0.25) is 4.99 Å². The lowest BCUT2D eigenvalue weighted by Crippen LogP contribution is -2.50. The monoisotopic (exact) mass is 424 g/mol. The molecule has 0 aliphatic carbocycles. The number of aliphatic imine (C=N–C) groups is 1. The van der Waals surface area contributed by atoms with Crippen molar-refractivity contribution in [3.63, 3.8) is 0 Å². The van der Waals surface area contributed by atoms with Crippen molar-refractivity contribution in [2.24, 2.45) is 4.99 Å². The van der Waals surface area contributed by atoms with Crippen LogP contribution in [0.3, 0.4) is 0 Å². The Labute approximate surface area is 150 Å². The summed E-state index contributed by atoms with van der Waals surface area (Å²) in [6.07, 6.45) is 6.77. The number of amides is 1. The van der Waals surface area contributed by atoms with Crippen molar-refractivity contribution in [3.05, 3.63) is 12.2 Å². The van der Waals surface area contributed by atoms with Gasteiger partial charge >= 0.3 is 6.09 Å². The Morgan fingerprint density at radius 3 is 2.64 bits per heavy atom. The van der Waals surface area contributed by atoms with Crippen LogP contribution in [0.4, 0.5) is 4.79 Å². The highest BCUT2D eigenvalue weighted by Gasteiger charge is 2.23. The van der Waals surface area contributed by atoms with Crippen molar-refractivity contribution in [3.8, 4) is 0 Å². The molecule has 0 unspecified atom stereocenters. The number of halogens is 1. The van der Waals surface area contributed by atoms with Crippen LogP contribution in [0.25, 0.3) is 0 Å². The highest BCUT2D eigenvalue weighted by atomic mass is 127. The molecule has 6 nitrogen and oxygen atoms in total. The summed E-state index contributed by atoms with van der Waals surface area (Å²) in [5, 5.41) is 6.70. The van der Waals surface area contributed by atoms with E-state index in [1.165, 1.54) is 0 Å². The van der Waals surface area contributed by atoms with Crippen LogP contribution in [-0.4, -0.2) is 56.3 Å². The van der Waals surface area contributed by atoms with Crippen molar-refractivity contribution in [1.29, 1.82) is 0 Å². The maximum absolute atomic E-state index is 11.6. The standard InChI is InChI=1S/C15H28N4O2.HI/c1-4-6-7-10-17-14(16-3)18-13-8-11-19(12-9-13)15(20)21-5-2;/h4,6,13H,5,7-12H2,1-3H3,(H2,16,17,18);1H. The second-order valence-corrected chi connectivity index (χ2v) is 4.96. The molecule has 1 amide bonds. The third-order valence-electron chi connectivity index (χ3n) is 3.42. The average molecular weight is 424 g/mol. The summed E-state index contributed by atoms with van der Waals surface area (Å²) >= 11 is 0. The molecule has 0 bridgehead atoms. The fourth-order valence-corrected chi connectivity index (χ4v) is 2.25. The summed E-state index contributed by atoms with van der Waals surface area (Å²) in [6, 6.07) is 0.351. The van der Waals surface area contributed by atoms with E-state index in [2.05, 4.69) is 21.7 Å². The van der Waals surface area contributed by atoms with E-state index >= 15 is 0 Å². The first kappa shape index (κ1) is 21.0. The van der Waals surface area contributed by atoms with Gasteiger partial charge < -0.3 is 20.3 Å². The number of carbonyl (C=O) groups excluding carboxylic acids is 1. The van der Waals surface area contributed by atoms with Crippen LogP contribution in [0.15, 0.2) is 17.1 Å². The van der Waals surface area contributed by atoms with E-state index < -0.39 is 0 Å². The van der Waals surface area contributed by atoms with Gasteiger partial charge in [-0.2, -0.15) is 0 Å². The minimum absolute atomic E-state index is 0. The molecule has 0 saturated carbocycles. The normalized spacial score (nSPS) is 16.3. The number of likely N-dealkylation sites (tertiary alicyclic amines) is 1. The van der Waals surface area contributed by atoms with Gasteiger partial charge in [-0.05, 0) is 33.1 Å². The first-order valence-corrected chi connectivity index (χ1v) is 7.71. The Hall–Kier alpha value is -0.990. The van der Waals surface area contributed by atoms with Crippen LogP contribution in [-0.2, 0) is 4.74 Å². The molecule has 2 N–H and O–H groups in total. The average Bonchev–Trinajstić information content (AvgIpc) is 2.51. The Bertz CT molecular complexity index is 367. The van der Waals surface area contributed by atoms with E-state index in [9.17, 15) is 4.79 Å². The summed E-state index contributed by atoms with van der Waals surface area (Å²) in [5.41, 5.74) is 0. The first-order valence-electron chi connectivity index (χ1n) is 7.71. The first-order chi connectivity index (χ1) is 10.2. The number of carbonyl (C=O) groups is 1. The van der Waals surface area contributed by atoms with Gasteiger partial charge in [-0.1, -0.05) is 12.2 Å². The molecule has 7 heteroatoms. The van der Waals surface area contributed by atoms with Crippen molar-refractivity contribution in [2.45, 2.75) is 39.2 Å². The number of nitrogens with zero attached hydrogens (tertiary/aromatic N) is 2. The van der Waals surface area contributed by atoms with Gasteiger partial charge in [0.15, 0.2) is 5.96 Å². The summed E-state index contributed by atoms with van der Waals surface area (Å²) in [4.78, 5) is 17.6. The quantitative estimate of drug-likeness (QED) is 0.234. The zero-order chi connectivity index (χ0) is 15.5. The predicted octanol–water partition coefficient (Wildman–Crippen LogP) is 2.36. The largest absolute Gasteiger partial charge is 0.450 e. The fourth-order valence-electron chi connectivity index (χ4n) is 2.25. The molecule has 0 aromatic heterocycles. The van der Waals surface area contributed by atoms with E-state index in [1.54, 1.807) is 11.9 Å². The Morgan fingerprint density at radius 1 is 1.41 bits per heavy atom. The zero-order valence-corrected chi connectivity index (χ0v) is 16.1. The summed E-state index contributed by atoms with van der Waals surface area (Å²) in [5.74, 6) is 0.828. The van der Waals surface area contributed by atoms with E-state index in [0.717, 1.165) is 44.9 Å². The molecular formula is C15H29IN4O2. The van der Waals surface area contributed by atoms with Gasteiger partial charge in [0.1, 0.15) is 0 Å². The van der Waals surface area contributed by atoms with Gasteiger partial charge in [-0.15, -0.1) is 24.0 Å². The number of nitrogens with one attached hydrogen (secondary N) is 2. The Balaban J connectivity index is 0.00000441. The molecule has 1 fully saturated rings. The van der Waals surface area contributed by atoms with Crippen LogP contribution >= 0.6 is 24.0 Å². The smallest absolute Gasteiger partial charge is 0.409 e. The molecular weight excluding hydrogens is 395 g/mol. The van der Waals surface area contributed by atoms with E-state index in [-0.39, 0.29) is 30.1 Å². The molecule has 0 atom stereocenters. The molecule has 0 spiro atoms. The number of hydrogen-bond donors (Lipinski definition) is 2. The molecule has 0 aromatic carbocycles. The maximum atomic E-state index is 11.6. The van der Waals surface area contributed by atoms with E-state index in [1.807, 2.05) is 19.9 Å². The van der Waals surface area contributed by atoms with Crippen molar-refractivity contribution in [1.82, 2.24) is 15.5 Å². The van der Waals surface area contributed by atoms with Gasteiger partial charge in [0, 0.05) is 32.7 Å². The van der Waals surface area contributed by atoms with Crippen molar-refractivity contribution < 1.29 is 9.53 Å². The number of ether oxygens (including phenoxy) is 1. The highest BCUT2D eigenvalue weighted by molar-refractivity contribution is 14.0. The molecule has 1 rings (SSSR count). The van der Waals surface area contributed by atoms with Crippen LogP contribution in [0, 0.1) is 0 Å². The number of allylic oxidation sites excluding steroid dienone is 1. The highest BCUT2D eigenvalue weighted by Crippen LogP contribution is 2.11. The van der Waals surface area contributed by atoms with Crippen LogP contribution in [0.1, 0.15) is 33.1 Å². The third kappa shape index (κ3) is 7.86. The van der Waals surface area contributed by atoms with Gasteiger partial charge in [-0.25, -0.2) is 4.79 Å². The lowest BCUT2D eigenvalue weighted by Gasteiger charge is -2.32. The summed E-state index contributed by atoms with van der Waals surface area (Å²) in [6.45, 7) is 6.60. The SMILES string of the molecule is CC=CCCNC(=NC)NC1CCN(C(=O)OCC)CC1.I. The van der Waals surface area contributed by atoms with Gasteiger partial charge in [0.2, 0.25) is 0 Å². The zero-order valence-electron chi connectivity index (χ0n) is 13.8. The Kier molecular flexibility index (Phi) is 12.0. The van der Waals surface area contributed by atoms with Crippen LogP contribution in [0.2, 0.25) is 0 Å². The number of piperidine rings is 1. The second kappa shape index (κ2) is 12.5. The third-order valence-corrected chi connectivity index (χ3v) is 3.42. The number of hydrogen-bond acceptors (Lipinski definition) is 3. The molecule has 0 radical (unpaired) electrons. The minimum Gasteiger partial charge on any atom is -0.450 e. The van der Waals surface area contributed by atoms with Crippen LogP contribution in [0.5, 0.6) is 0 Å². The molecule has 1 heterocycles. The van der Waals surface area contributed by atoms with Crippen molar-refractivity contribution >= 4 is 36.0 Å². The summed E-state index contributed by atoms with van der Waals surface area (Å²) < 4.78 is 5.02. The minimum atomic E-state index is -0.204. The van der Waals surface area contributed by atoms with Crippen LogP contribution < -0.4 is 10.6 Å². The molecule has 22 heavy (non-hydrogen) atoms. The molecule has 128 valence electrons. The molecule has 1 saturated heterocycles. The number of rotatable bonds is 5. The van der Waals surface area contributed by atoms with Crippen molar-refractivity contribution in [2.75, 3.05) is 33.3 Å². The molecule has 1 aliphatic rings. The predicted molar refractivity (Wildman–Crippen MR) is 101 cm³/mol.